The third kappa shape index (κ3) is 6.00. The highest BCUT2D eigenvalue weighted by Crippen LogP contribution is 2.28. The second-order valence-electron chi connectivity index (χ2n) is 8.57. The van der Waals surface area contributed by atoms with Crippen LogP contribution in [0.4, 0.5) is 0 Å². The summed E-state index contributed by atoms with van der Waals surface area (Å²) in [7, 11) is -3.84. The highest BCUT2D eigenvalue weighted by atomic mass is 32.2. The van der Waals surface area contributed by atoms with E-state index in [1.54, 1.807) is 27.7 Å². The molecule has 1 aromatic carbocycles. The van der Waals surface area contributed by atoms with Crippen molar-refractivity contribution in [3.05, 3.63) is 47.3 Å². The number of ether oxygens (including phenoxy) is 1. The molecule has 1 aliphatic heterocycles. The molecule has 2 aromatic rings. The van der Waals surface area contributed by atoms with Crippen LogP contribution in [0.5, 0.6) is 0 Å². The Morgan fingerprint density at radius 2 is 1.94 bits per heavy atom. The van der Waals surface area contributed by atoms with Gasteiger partial charge in [0, 0.05) is 13.1 Å². The number of hydrogen-bond acceptors (Lipinski definition) is 7. The number of nitrogens with one attached hydrogen (secondary N) is 1. The number of esters is 1. The maximum atomic E-state index is 13.2. The van der Waals surface area contributed by atoms with E-state index in [1.807, 2.05) is 30.3 Å². The highest BCUT2D eigenvalue weighted by Gasteiger charge is 2.37. The summed E-state index contributed by atoms with van der Waals surface area (Å²) in [5.74, 6) is -1.02. The predicted octanol–water partition coefficient (Wildman–Crippen LogP) is 2.89. The largest absolute Gasteiger partial charge is 0.463 e. The van der Waals surface area contributed by atoms with E-state index in [9.17, 15) is 18.0 Å². The first kappa shape index (κ1) is 24.9. The first-order chi connectivity index (χ1) is 15.6. The average Bonchev–Trinajstić information content (AvgIpc) is 3.12. The predicted molar refractivity (Wildman–Crippen MR) is 121 cm³/mol. The molecule has 1 aromatic heterocycles. The van der Waals surface area contributed by atoms with Crippen LogP contribution in [-0.2, 0) is 24.3 Å². The Morgan fingerprint density at radius 1 is 1.24 bits per heavy atom. The van der Waals surface area contributed by atoms with Gasteiger partial charge in [0.05, 0.1) is 24.5 Å². The maximum Gasteiger partial charge on any atom is 0.308 e. The van der Waals surface area contributed by atoms with Crippen molar-refractivity contribution in [3.63, 3.8) is 0 Å². The molecule has 2 heterocycles. The molecule has 0 radical (unpaired) electrons. The smallest absolute Gasteiger partial charge is 0.308 e. The summed E-state index contributed by atoms with van der Waals surface area (Å²) in [4.78, 5) is 25.5. The quantitative estimate of drug-likeness (QED) is 0.581. The molecular weight excluding hydrogens is 446 g/mol. The van der Waals surface area contributed by atoms with Crippen LogP contribution in [0, 0.1) is 19.8 Å². The molecule has 2 unspecified atom stereocenters. The van der Waals surface area contributed by atoms with Gasteiger partial charge in [0.15, 0.2) is 5.76 Å². The lowest BCUT2D eigenvalue weighted by Gasteiger charge is -2.32. The molecule has 2 atom stereocenters. The van der Waals surface area contributed by atoms with E-state index in [2.05, 4.69) is 10.5 Å². The van der Waals surface area contributed by atoms with E-state index in [4.69, 9.17) is 9.26 Å². The van der Waals surface area contributed by atoms with Crippen molar-refractivity contribution in [1.29, 1.82) is 0 Å². The zero-order valence-electron chi connectivity index (χ0n) is 19.4. The van der Waals surface area contributed by atoms with Gasteiger partial charge >= 0.3 is 5.97 Å². The van der Waals surface area contributed by atoms with E-state index < -0.39 is 28.0 Å². The summed E-state index contributed by atoms with van der Waals surface area (Å²) in [6.07, 6.45) is 0.830. The molecule has 33 heavy (non-hydrogen) atoms. The van der Waals surface area contributed by atoms with Crippen LogP contribution in [-0.4, -0.2) is 48.9 Å². The molecule has 9 nitrogen and oxygen atoms in total. The molecule has 1 saturated heterocycles. The summed E-state index contributed by atoms with van der Waals surface area (Å²) in [6.45, 7) is 7.04. The number of carbonyl (C=O) groups is 2. The van der Waals surface area contributed by atoms with Crippen molar-refractivity contribution in [2.75, 3.05) is 13.1 Å². The molecule has 0 spiro atoms. The third-order valence-electron chi connectivity index (χ3n) is 5.58. The SMILES string of the molecule is Cc1noc(C)c1S(=O)(=O)N1CCCC(C(=O)NC(CC(=O)OC(C)C)c2ccccc2)C1. The third-order valence-corrected chi connectivity index (χ3v) is 7.69. The minimum Gasteiger partial charge on any atom is -0.463 e. The fourth-order valence-corrected chi connectivity index (χ4v) is 5.87. The first-order valence-corrected chi connectivity index (χ1v) is 12.5. The monoisotopic (exact) mass is 477 g/mol. The fraction of sp³-hybridized carbons (Fsp3) is 0.522. The van der Waals surface area contributed by atoms with E-state index in [1.165, 1.54) is 4.31 Å². The Bertz CT molecular complexity index is 1060. The van der Waals surface area contributed by atoms with Crippen LogP contribution in [0.1, 0.15) is 56.2 Å². The Morgan fingerprint density at radius 3 is 2.55 bits per heavy atom. The normalized spacial score (nSPS) is 18.2. The average molecular weight is 478 g/mol. The van der Waals surface area contributed by atoms with Gasteiger partial charge in [0.25, 0.3) is 0 Å². The Hall–Kier alpha value is -2.72. The second kappa shape index (κ2) is 10.5. The number of nitrogens with zero attached hydrogens (tertiary/aromatic N) is 2. The summed E-state index contributed by atoms with van der Waals surface area (Å²) in [5.41, 5.74) is 1.08. The van der Waals surface area contributed by atoms with Gasteiger partial charge in [-0.1, -0.05) is 35.5 Å². The molecule has 3 rings (SSSR count). The van der Waals surface area contributed by atoms with E-state index in [0.717, 1.165) is 5.56 Å². The summed E-state index contributed by atoms with van der Waals surface area (Å²) in [6, 6.07) is 8.62. The second-order valence-corrected chi connectivity index (χ2v) is 10.4. The van der Waals surface area contributed by atoms with Crippen LogP contribution in [0.25, 0.3) is 0 Å². The fourth-order valence-electron chi connectivity index (χ4n) is 4.05. The molecule has 1 amide bonds. The standard InChI is InChI=1S/C23H31N3O6S/c1-15(2)31-21(27)13-20(18-9-6-5-7-10-18)24-23(28)19-11-8-12-26(14-19)33(29,30)22-16(3)25-32-17(22)4/h5-7,9-10,15,19-20H,8,11-14H2,1-4H3,(H,24,28). The maximum absolute atomic E-state index is 13.2. The van der Waals surface area contributed by atoms with Crippen molar-refractivity contribution < 1.29 is 27.3 Å². The number of aromatic nitrogens is 1. The van der Waals surface area contributed by atoms with Crippen LogP contribution in [0.15, 0.2) is 39.8 Å². The van der Waals surface area contributed by atoms with E-state index in [-0.39, 0.29) is 35.6 Å². The Balaban J connectivity index is 1.75. The molecule has 180 valence electrons. The number of aryl methyl sites for hydroxylation is 2. The van der Waals surface area contributed by atoms with Crippen molar-refractivity contribution in [1.82, 2.24) is 14.8 Å². The van der Waals surface area contributed by atoms with Gasteiger partial charge in [-0.15, -0.1) is 0 Å². The van der Waals surface area contributed by atoms with Crippen LogP contribution >= 0.6 is 0 Å². The molecule has 10 heteroatoms. The first-order valence-electron chi connectivity index (χ1n) is 11.1. The molecule has 1 N–H and O–H groups in total. The minimum absolute atomic E-state index is 0.0122. The zero-order chi connectivity index (χ0) is 24.2. The van der Waals surface area contributed by atoms with Gasteiger partial charge in [-0.25, -0.2) is 8.42 Å². The van der Waals surface area contributed by atoms with Gasteiger partial charge < -0.3 is 14.6 Å². The number of amides is 1. The van der Waals surface area contributed by atoms with Crippen molar-refractivity contribution in [3.8, 4) is 0 Å². The molecule has 1 aliphatic rings. The van der Waals surface area contributed by atoms with E-state index in [0.29, 0.717) is 25.1 Å². The minimum atomic E-state index is -3.84. The van der Waals surface area contributed by atoms with Gasteiger partial charge in [0.1, 0.15) is 10.6 Å². The lowest BCUT2D eigenvalue weighted by Crippen LogP contribution is -2.46. The Kier molecular flexibility index (Phi) is 7.91. The molecule has 0 saturated carbocycles. The summed E-state index contributed by atoms with van der Waals surface area (Å²) in [5, 5.41) is 6.69. The highest BCUT2D eigenvalue weighted by molar-refractivity contribution is 7.89. The van der Waals surface area contributed by atoms with Gasteiger partial charge in [0.2, 0.25) is 15.9 Å². The van der Waals surface area contributed by atoms with Gasteiger partial charge in [-0.2, -0.15) is 4.31 Å². The van der Waals surface area contributed by atoms with E-state index >= 15 is 0 Å². The van der Waals surface area contributed by atoms with Crippen LogP contribution in [0.3, 0.4) is 0 Å². The van der Waals surface area contributed by atoms with Crippen molar-refractivity contribution >= 4 is 21.9 Å². The number of sulfonamides is 1. The lowest BCUT2D eigenvalue weighted by atomic mass is 9.97. The topological polar surface area (TPSA) is 119 Å². The molecule has 0 bridgehead atoms. The number of rotatable bonds is 8. The number of carbonyl (C=O) groups excluding carboxylic acids is 2. The number of hydrogen-bond donors (Lipinski definition) is 1. The molecular formula is C23H31N3O6S. The van der Waals surface area contributed by atoms with Gasteiger partial charge in [-0.05, 0) is 46.1 Å². The lowest BCUT2D eigenvalue weighted by molar-refractivity contribution is -0.148. The zero-order valence-corrected chi connectivity index (χ0v) is 20.2. The van der Waals surface area contributed by atoms with Crippen molar-refractivity contribution in [2.24, 2.45) is 5.92 Å². The van der Waals surface area contributed by atoms with Gasteiger partial charge in [-0.3, -0.25) is 9.59 Å². The number of benzene rings is 1. The van der Waals surface area contributed by atoms with Crippen molar-refractivity contribution in [2.45, 2.75) is 64.0 Å². The summed E-state index contributed by atoms with van der Waals surface area (Å²) >= 11 is 0. The molecule has 1 fully saturated rings. The van der Waals surface area contributed by atoms with Crippen LogP contribution < -0.4 is 5.32 Å². The molecule has 0 aliphatic carbocycles. The summed E-state index contributed by atoms with van der Waals surface area (Å²) < 4.78 is 38.0. The Labute approximate surface area is 194 Å². The van der Waals surface area contributed by atoms with Crippen LogP contribution in [0.2, 0.25) is 0 Å². The number of piperidine rings is 1.